The van der Waals surface area contributed by atoms with Gasteiger partial charge in [0.2, 0.25) is 0 Å². The average molecular weight is 203 g/mol. The topological polar surface area (TPSA) is 39.9 Å². The molecule has 0 spiro atoms. The molecule has 0 aliphatic carbocycles. The molecule has 0 saturated carbocycles. The van der Waals surface area contributed by atoms with Crippen molar-refractivity contribution in [3.05, 3.63) is 30.1 Å². The Balaban J connectivity index is 2.51. The largest absolute Gasteiger partial charge is 0.298 e. The predicted octanol–water partition coefficient (Wildman–Crippen LogP) is 2.06. The van der Waals surface area contributed by atoms with Crippen LogP contribution in [0.5, 0.6) is 0 Å². The van der Waals surface area contributed by atoms with Crippen LogP contribution in [0.25, 0.3) is 0 Å². The molecule has 1 heterocycles. The minimum Gasteiger partial charge on any atom is -0.298 e. The first-order valence-electron chi connectivity index (χ1n) is 5.27. The molecule has 1 rings (SSSR count). The number of pyridine rings is 1. The van der Waals surface area contributed by atoms with Gasteiger partial charge in [0, 0.05) is 25.5 Å². The lowest BCUT2D eigenvalue weighted by molar-refractivity contribution is 0.260. The monoisotopic (exact) mass is 203 g/mol. The highest BCUT2D eigenvalue weighted by Gasteiger charge is 2.08. The van der Waals surface area contributed by atoms with Crippen LogP contribution in [0.1, 0.15) is 19.4 Å². The molecule has 0 radical (unpaired) electrons. The summed E-state index contributed by atoms with van der Waals surface area (Å²) >= 11 is 0. The molecule has 3 heteroatoms. The van der Waals surface area contributed by atoms with Gasteiger partial charge in [0.15, 0.2) is 0 Å². The van der Waals surface area contributed by atoms with E-state index in [0.717, 1.165) is 19.6 Å². The van der Waals surface area contributed by atoms with Crippen LogP contribution in [0.3, 0.4) is 0 Å². The van der Waals surface area contributed by atoms with E-state index < -0.39 is 0 Å². The molecule has 0 amide bonds. The molecule has 1 aromatic rings. The van der Waals surface area contributed by atoms with Crippen LogP contribution in [-0.2, 0) is 6.54 Å². The summed E-state index contributed by atoms with van der Waals surface area (Å²) in [5.41, 5.74) is 1.20. The smallest absolute Gasteiger partial charge is 0.0666 e. The van der Waals surface area contributed by atoms with Crippen molar-refractivity contribution < 1.29 is 0 Å². The van der Waals surface area contributed by atoms with E-state index in [9.17, 15) is 0 Å². The second-order valence-electron chi connectivity index (χ2n) is 3.72. The number of nitrogens with zero attached hydrogens (tertiary/aromatic N) is 3. The van der Waals surface area contributed by atoms with Gasteiger partial charge in [-0.05, 0) is 25.1 Å². The summed E-state index contributed by atoms with van der Waals surface area (Å²) in [6, 6.07) is 6.26. The third kappa shape index (κ3) is 4.09. The van der Waals surface area contributed by atoms with Crippen LogP contribution in [0.15, 0.2) is 24.5 Å². The standard InChI is InChI=1S/C12H17N3/c1-3-15(9-11(2)7-13)10-12-5-4-6-14-8-12/h4-6,8,11H,3,9-10H2,1-2H3. The Morgan fingerprint density at radius 1 is 1.60 bits per heavy atom. The van der Waals surface area contributed by atoms with E-state index in [4.69, 9.17) is 5.26 Å². The minimum atomic E-state index is 0.0848. The first-order chi connectivity index (χ1) is 7.26. The van der Waals surface area contributed by atoms with Gasteiger partial charge in [-0.15, -0.1) is 0 Å². The molecule has 0 bridgehead atoms. The van der Waals surface area contributed by atoms with Crippen molar-refractivity contribution in [3.8, 4) is 6.07 Å². The van der Waals surface area contributed by atoms with Gasteiger partial charge in [-0.2, -0.15) is 5.26 Å². The van der Waals surface area contributed by atoms with Crippen LogP contribution in [0.2, 0.25) is 0 Å². The van der Waals surface area contributed by atoms with Gasteiger partial charge in [0.25, 0.3) is 0 Å². The zero-order valence-corrected chi connectivity index (χ0v) is 9.35. The SMILES string of the molecule is CCN(Cc1cccnc1)CC(C)C#N. The summed E-state index contributed by atoms with van der Waals surface area (Å²) < 4.78 is 0. The Bertz CT molecular complexity index is 315. The molecule has 1 atom stereocenters. The minimum absolute atomic E-state index is 0.0848. The third-order valence-corrected chi connectivity index (χ3v) is 2.33. The predicted molar refractivity (Wildman–Crippen MR) is 60.0 cm³/mol. The highest BCUT2D eigenvalue weighted by molar-refractivity contribution is 5.08. The average Bonchev–Trinajstić information content (AvgIpc) is 2.29. The van der Waals surface area contributed by atoms with Crippen molar-refractivity contribution in [2.45, 2.75) is 20.4 Å². The summed E-state index contributed by atoms with van der Waals surface area (Å²) in [5.74, 6) is 0.0848. The highest BCUT2D eigenvalue weighted by atomic mass is 15.1. The van der Waals surface area contributed by atoms with Gasteiger partial charge in [-0.1, -0.05) is 13.0 Å². The summed E-state index contributed by atoms with van der Waals surface area (Å²) in [5, 5.41) is 8.76. The third-order valence-electron chi connectivity index (χ3n) is 2.33. The van der Waals surface area contributed by atoms with Crippen LogP contribution in [0, 0.1) is 17.2 Å². The normalized spacial score (nSPS) is 12.4. The molecule has 0 aromatic carbocycles. The fourth-order valence-corrected chi connectivity index (χ4v) is 1.48. The van der Waals surface area contributed by atoms with E-state index in [-0.39, 0.29) is 5.92 Å². The molecular weight excluding hydrogens is 186 g/mol. The Morgan fingerprint density at radius 2 is 2.40 bits per heavy atom. The van der Waals surface area contributed by atoms with Crippen LogP contribution in [0.4, 0.5) is 0 Å². The second-order valence-corrected chi connectivity index (χ2v) is 3.72. The van der Waals surface area contributed by atoms with Crippen molar-refractivity contribution in [2.24, 2.45) is 5.92 Å². The van der Waals surface area contributed by atoms with E-state index in [2.05, 4.69) is 28.9 Å². The van der Waals surface area contributed by atoms with Crippen molar-refractivity contribution in [1.29, 1.82) is 5.26 Å². The maximum atomic E-state index is 8.76. The number of aromatic nitrogens is 1. The van der Waals surface area contributed by atoms with Gasteiger partial charge in [0.05, 0.1) is 12.0 Å². The molecule has 15 heavy (non-hydrogen) atoms. The van der Waals surface area contributed by atoms with Crippen molar-refractivity contribution in [2.75, 3.05) is 13.1 Å². The summed E-state index contributed by atoms with van der Waals surface area (Å²) in [6.45, 7) is 6.71. The fraction of sp³-hybridized carbons (Fsp3) is 0.500. The molecule has 1 aromatic heterocycles. The van der Waals surface area contributed by atoms with Crippen molar-refractivity contribution in [1.82, 2.24) is 9.88 Å². The van der Waals surface area contributed by atoms with Crippen LogP contribution >= 0.6 is 0 Å². The molecule has 80 valence electrons. The Morgan fingerprint density at radius 3 is 2.93 bits per heavy atom. The van der Waals surface area contributed by atoms with E-state index in [1.54, 1.807) is 6.20 Å². The lowest BCUT2D eigenvalue weighted by Crippen LogP contribution is -2.27. The zero-order valence-electron chi connectivity index (χ0n) is 9.35. The maximum absolute atomic E-state index is 8.76. The number of rotatable bonds is 5. The molecule has 0 aliphatic rings. The van der Waals surface area contributed by atoms with Gasteiger partial charge >= 0.3 is 0 Å². The molecular formula is C12H17N3. The van der Waals surface area contributed by atoms with E-state index >= 15 is 0 Å². The van der Waals surface area contributed by atoms with Gasteiger partial charge in [0.1, 0.15) is 0 Å². The molecule has 1 unspecified atom stereocenters. The molecule has 0 fully saturated rings. The van der Waals surface area contributed by atoms with E-state index in [1.807, 2.05) is 19.2 Å². The molecule has 0 N–H and O–H groups in total. The van der Waals surface area contributed by atoms with Gasteiger partial charge in [-0.25, -0.2) is 0 Å². The Labute approximate surface area is 91.4 Å². The Kier molecular flexibility index (Phi) is 4.79. The summed E-state index contributed by atoms with van der Waals surface area (Å²) in [7, 11) is 0. The van der Waals surface area contributed by atoms with E-state index in [0.29, 0.717) is 0 Å². The van der Waals surface area contributed by atoms with Gasteiger partial charge in [-0.3, -0.25) is 9.88 Å². The second kappa shape index (κ2) is 6.15. The highest BCUT2D eigenvalue weighted by Crippen LogP contribution is 2.05. The van der Waals surface area contributed by atoms with Crippen LogP contribution < -0.4 is 0 Å². The zero-order chi connectivity index (χ0) is 11.1. The molecule has 3 nitrogen and oxygen atoms in total. The lowest BCUT2D eigenvalue weighted by atomic mass is 10.2. The molecule has 0 saturated heterocycles. The van der Waals surface area contributed by atoms with Gasteiger partial charge < -0.3 is 0 Å². The van der Waals surface area contributed by atoms with Crippen molar-refractivity contribution in [3.63, 3.8) is 0 Å². The van der Waals surface area contributed by atoms with E-state index in [1.165, 1.54) is 5.56 Å². The quantitative estimate of drug-likeness (QED) is 0.735. The summed E-state index contributed by atoms with van der Waals surface area (Å²) in [4.78, 5) is 6.33. The number of hydrogen-bond donors (Lipinski definition) is 0. The fourth-order valence-electron chi connectivity index (χ4n) is 1.48. The molecule has 0 aliphatic heterocycles. The number of nitriles is 1. The first kappa shape index (κ1) is 11.7. The van der Waals surface area contributed by atoms with Crippen LogP contribution in [-0.4, -0.2) is 23.0 Å². The van der Waals surface area contributed by atoms with Crippen molar-refractivity contribution >= 4 is 0 Å². The lowest BCUT2D eigenvalue weighted by Gasteiger charge is -2.21. The number of hydrogen-bond acceptors (Lipinski definition) is 3. The maximum Gasteiger partial charge on any atom is 0.0666 e. The Hall–Kier alpha value is -1.40. The first-order valence-corrected chi connectivity index (χ1v) is 5.27. The summed E-state index contributed by atoms with van der Waals surface area (Å²) in [6.07, 6.45) is 3.65.